The highest BCUT2D eigenvalue weighted by Crippen LogP contribution is 2.09. The van der Waals surface area contributed by atoms with Gasteiger partial charge in [0.05, 0.1) is 0 Å². The predicted molar refractivity (Wildman–Crippen MR) is 88.2 cm³/mol. The highest BCUT2D eigenvalue weighted by Gasteiger charge is 2.12. The van der Waals surface area contributed by atoms with Crippen LogP contribution in [0.25, 0.3) is 5.82 Å². The smallest absolute Gasteiger partial charge is 0.237 e. The molecule has 0 saturated heterocycles. The van der Waals surface area contributed by atoms with Crippen LogP contribution in [0.2, 0.25) is 0 Å². The van der Waals surface area contributed by atoms with Crippen molar-refractivity contribution in [3.63, 3.8) is 0 Å². The zero-order valence-electron chi connectivity index (χ0n) is 12.7. The van der Waals surface area contributed by atoms with E-state index >= 15 is 0 Å². The third-order valence-electron chi connectivity index (χ3n) is 3.27. The van der Waals surface area contributed by atoms with E-state index in [9.17, 15) is 8.42 Å². The van der Waals surface area contributed by atoms with Crippen LogP contribution >= 0.6 is 0 Å². The molecule has 124 valence electrons. The molecule has 8 nitrogen and oxygen atoms in total. The van der Waals surface area contributed by atoms with Crippen LogP contribution in [0.3, 0.4) is 0 Å². The first-order valence-electron chi connectivity index (χ1n) is 7.21. The minimum absolute atomic E-state index is 0.0904. The molecule has 9 heteroatoms. The quantitative estimate of drug-likeness (QED) is 0.660. The second kappa shape index (κ2) is 7.30. The molecule has 1 aromatic carbocycles. The average Bonchev–Trinajstić information content (AvgIpc) is 3.14. The van der Waals surface area contributed by atoms with Gasteiger partial charge in [0.25, 0.3) is 10.2 Å². The van der Waals surface area contributed by atoms with Gasteiger partial charge in [-0.15, -0.1) is 0 Å². The Balaban J connectivity index is 1.65. The number of rotatable bonds is 7. The molecule has 0 spiro atoms. The molecule has 0 aliphatic carbocycles. The Hall–Kier alpha value is -2.62. The van der Waals surface area contributed by atoms with Crippen molar-refractivity contribution in [2.24, 2.45) is 0 Å². The van der Waals surface area contributed by atoms with Crippen molar-refractivity contribution < 1.29 is 8.42 Å². The fourth-order valence-electron chi connectivity index (χ4n) is 2.09. The van der Waals surface area contributed by atoms with E-state index in [0.29, 0.717) is 11.4 Å². The number of benzene rings is 1. The minimum Gasteiger partial charge on any atom is -0.237 e. The molecule has 2 aromatic heterocycles. The van der Waals surface area contributed by atoms with E-state index in [-0.39, 0.29) is 13.1 Å². The molecule has 0 saturated carbocycles. The van der Waals surface area contributed by atoms with E-state index in [2.05, 4.69) is 24.5 Å². The number of nitrogens with zero attached hydrogens (tertiary/aromatic N) is 4. The van der Waals surface area contributed by atoms with Crippen molar-refractivity contribution in [3.05, 3.63) is 72.4 Å². The van der Waals surface area contributed by atoms with Crippen LogP contribution in [-0.4, -0.2) is 28.2 Å². The molecule has 0 aliphatic rings. The van der Waals surface area contributed by atoms with Gasteiger partial charge in [0.2, 0.25) is 0 Å². The second-order valence-corrected chi connectivity index (χ2v) is 6.54. The number of pyridine rings is 1. The highest BCUT2D eigenvalue weighted by molar-refractivity contribution is 7.87. The molecule has 0 fully saturated rings. The molecular weight excluding hydrogens is 328 g/mol. The lowest BCUT2D eigenvalue weighted by molar-refractivity contribution is 0.565. The molecule has 2 N–H and O–H groups in total. The molecule has 0 aliphatic heterocycles. The molecule has 3 aromatic rings. The lowest BCUT2D eigenvalue weighted by Gasteiger charge is -2.10. The van der Waals surface area contributed by atoms with Crippen LogP contribution in [0.4, 0.5) is 0 Å². The highest BCUT2D eigenvalue weighted by atomic mass is 32.2. The van der Waals surface area contributed by atoms with Crippen LogP contribution in [0.1, 0.15) is 11.1 Å². The van der Waals surface area contributed by atoms with Gasteiger partial charge in [0, 0.05) is 24.8 Å². The largest absolute Gasteiger partial charge is 0.277 e. The number of hydrogen-bond acceptors (Lipinski definition) is 5. The van der Waals surface area contributed by atoms with E-state index in [4.69, 9.17) is 0 Å². The van der Waals surface area contributed by atoms with Gasteiger partial charge in [0.1, 0.15) is 12.7 Å². The Bertz CT molecular complexity index is 881. The maximum atomic E-state index is 12.1. The summed E-state index contributed by atoms with van der Waals surface area (Å²) in [6, 6.07) is 12.8. The van der Waals surface area contributed by atoms with Gasteiger partial charge in [-0.2, -0.15) is 23.0 Å². The molecule has 0 amide bonds. The first kappa shape index (κ1) is 16.2. The van der Waals surface area contributed by atoms with E-state index in [0.717, 1.165) is 5.56 Å². The Labute approximate surface area is 139 Å². The lowest BCUT2D eigenvalue weighted by Crippen LogP contribution is -2.36. The maximum absolute atomic E-state index is 12.1. The summed E-state index contributed by atoms with van der Waals surface area (Å²) in [5, 5.41) is 4.02. The zero-order valence-corrected chi connectivity index (χ0v) is 13.5. The fraction of sp³-hybridized carbons (Fsp3) is 0.133. The first-order valence-corrected chi connectivity index (χ1v) is 8.69. The van der Waals surface area contributed by atoms with Crippen LogP contribution in [-0.2, 0) is 23.3 Å². The maximum Gasteiger partial charge on any atom is 0.277 e. The van der Waals surface area contributed by atoms with Gasteiger partial charge in [-0.25, -0.2) is 14.6 Å². The van der Waals surface area contributed by atoms with Gasteiger partial charge in [-0.3, -0.25) is 0 Å². The summed E-state index contributed by atoms with van der Waals surface area (Å²) in [4.78, 5) is 8.09. The van der Waals surface area contributed by atoms with Crippen LogP contribution in [0, 0.1) is 0 Å². The van der Waals surface area contributed by atoms with E-state index in [1.54, 1.807) is 18.3 Å². The van der Waals surface area contributed by atoms with Gasteiger partial charge in [0.15, 0.2) is 5.82 Å². The SMILES string of the molecule is O=S(=O)(NCc1ccccc1)NCc1cccnc1-n1cncn1. The first-order chi connectivity index (χ1) is 11.6. The summed E-state index contributed by atoms with van der Waals surface area (Å²) in [6.07, 6.45) is 4.51. The van der Waals surface area contributed by atoms with E-state index in [1.807, 2.05) is 30.3 Å². The summed E-state index contributed by atoms with van der Waals surface area (Å²) in [7, 11) is -3.64. The van der Waals surface area contributed by atoms with E-state index < -0.39 is 10.2 Å². The van der Waals surface area contributed by atoms with Gasteiger partial charge in [-0.1, -0.05) is 36.4 Å². The summed E-state index contributed by atoms with van der Waals surface area (Å²) in [5.74, 6) is 0.528. The Morgan fingerprint density at radius 3 is 2.54 bits per heavy atom. The Morgan fingerprint density at radius 1 is 1.00 bits per heavy atom. The predicted octanol–water partition coefficient (Wildman–Crippen LogP) is 0.786. The summed E-state index contributed by atoms with van der Waals surface area (Å²) >= 11 is 0. The molecular formula is C15H16N6O2S. The third-order valence-corrected chi connectivity index (χ3v) is 4.31. The topological polar surface area (TPSA) is 102 Å². The molecule has 0 radical (unpaired) electrons. The van der Waals surface area contributed by atoms with E-state index in [1.165, 1.54) is 17.3 Å². The van der Waals surface area contributed by atoms with Crippen molar-refractivity contribution in [1.29, 1.82) is 0 Å². The second-order valence-electron chi connectivity index (χ2n) is 4.96. The fourth-order valence-corrected chi connectivity index (χ4v) is 2.89. The van der Waals surface area contributed by atoms with Crippen molar-refractivity contribution in [1.82, 2.24) is 29.2 Å². The zero-order chi connectivity index (χ0) is 16.8. The molecule has 3 rings (SSSR count). The van der Waals surface area contributed by atoms with Crippen molar-refractivity contribution in [2.45, 2.75) is 13.1 Å². The van der Waals surface area contributed by atoms with Gasteiger partial charge < -0.3 is 0 Å². The van der Waals surface area contributed by atoms with Crippen LogP contribution in [0.5, 0.6) is 0 Å². The van der Waals surface area contributed by atoms with Crippen molar-refractivity contribution in [3.8, 4) is 5.82 Å². The molecule has 0 atom stereocenters. The van der Waals surface area contributed by atoms with Crippen molar-refractivity contribution in [2.75, 3.05) is 0 Å². The standard InChI is InChI=1S/C15H16N6O2S/c22-24(23,19-9-13-5-2-1-3-6-13)20-10-14-7-4-8-17-15(14)21-12-16-11-18-21/h1-8,11-12,19-20H,9-10H2. The monoisotopic (exact) mass is 344 g/mol. The molecule has 24 heavy (non-hydrogen) atoms. The van der Waals surface area contributed by atoms with Gasteiger partial charge >= 0.3 is 0 Å². The Kier molecular flexibility index (Phi) is 4.94. The molecule has 0 bridgehead atoms. The lowest BCUT2D eigenvalue weighted by atomic mass is 10.2. The van der Waals surface area contributed by atoms with Crippen LogP contribution < -0.4 is 9.44 Å². The Morgan fingerprint density at radius 2 is 1.79 bits per heavy atom. The number of hydrogen-bond donors (Lipinski definition) is 2. The van der Waals surface area contributed by atoms with Crippen LogP contribution in [0.15, 0.2) is 61.3 Å². The van der Waals surface area contributed by atoms with Gasteiger partial charge in [-0.05, 0) is 11.6 Å². The third kappa shape index (κ3) is 4.22. The minimum atomic E-state index is -3.64. The number of nitrogens with one attached hydrogen (secondary N) is 2. The summed E-state index contributed by atoms with van der Waals surface area (Å²) in [6.45, 7) is 0.312. The normalized spacial score (nSPS) is 11.5. The van der Waals surface area contributed by atoms with Crippen molar-refractivity contribution >= 4 is 10.2 Å². The average molecular weight is 344 g/mol. The molecule has 0 unspecified atom stereocenters. The summed E-state index contributed by atoms with van der Waals surface area (Å²) in [5.41, 5.74) is 1.57. The summed E-state index contributed by atoms with van der Waals surface area (Å²) < 4.78 is 30.7. The number of aromatic nitrogens is 4. The molecule has 2 heterocycles.